The maximum atomic E-state index is 13.3. The van der Waals surface area contributed by atoms with Gasteiger partial charge in [-0.3, -0.25) is 9.78 Å². The fourth-order valence-electron chi connectivity index (χ4n) is 6.98. The largest absolute Gasteiger partial charge is 0.308 e. The first-order valence-corrected chi connectivity index (χ1v) is 10.6. The second-order valence-electron chi connectivity index (χ2n) is 9.46. The van der Waals surface area contributed by atoms with Crippen molar-refractivity contribution in [3.05, 3.63) is 59.4 Å². The fourth-order valence-corrected chi connectivity index (χ4v) is 6.98. The van der Waals surface area contributed by atoms with Gasteiger partial charge in [0.15, 0.2) is 0 Å². The van der Waals surface area contributed by atoms with E-state index in [1.165, 1.54) is 49.8 Å². The van der Waals surface area contributed by atoms with Gasteiger partial charge in [-0.2, -0.15) is 0 Å². The van der Waals surface area contributed by atoms with Crippen LogP contribution < -0.4 is 4.90 Å². The summed E-state index contributed by atoms with van der Waals surface area (Å²) in [5.74, 6) is 2.81. The number of fused-ring (bicyclic) bond motifs is 1. The van der Waals surface area contributed by atoms with E-state index in [0.29, 0.717) is 0 Å². The second kappa shape index (κ2) is 5.67. The minimum atomic E-state index is 0.133. The number of hydrogen-bond acceptors (Lipinski definition) is 2. The summed E-state index contributed by atoms with van der Waals surface area (Å²) in [7, 11) is 0. The normalized spacial score (nSPS) is 33.3. The lowest BCUT2D eigenvalue weighted by Gasteiger charge is -2.56. The molecule has 4 fully saturated rings. The molecule has 4 aliphatic carbocycles. The third kappa shape index (κ3) is 2.40. The van der Waals surface area contributed by atoms with Crippen LogP contribution in [0.4, 0.5) is 5.69 Å². The molecule has 1 aromatic carbocycles. The fraction of sp³-hybridized carbons (Fsp3) is 0.500. The summed E-state index contributed by atoms with van der Waals surface area (Å²) in [6, 6.07) is 12.3. The molecular weight excluding hydrogens is 332 g/mol. The first-order chi connectivity index (χ1) is 13.2. The Kier molecular flexibility index (Phi) is 3.33. The predicted octanol–water partition coefficient (Wildman–Crippen LogP) is 4.75. The maximum Gasteiger partial charge on any atom is 0.258 e. The molecule has 3 nitrogen and oxygen atoms in total. The molecule has 2 aromatic rings. The van der Waals surface area contributed by atoms with Gasteiger partial charge in [-0.25, -0.2) is 0 Å². The number of rotatable bonds is 2. The van der Waals surface area contributed by atoms with Crippen molar-refractivity contribution in [3.63, 3.8) is 0 Å². The molecule has 0 saturated heterocycles. The third-order valence-corrected chi connectivity index (χ3v) is 7.72. The summed E-state index contributed by atoms with van der Waals surface area (Å²) in [6.07, 6.45) is 11.0. The molecule has 0 spiro atoms. The number of nitrogens with zero attached hydrogens (tertiary/aromatic N) is 2. The van der Waals surface area contributed by atoms with Crippen molar-refractivity contribution in [2.45, 2.75) is 50.4 Å². The molecule has 1 aliphatic heterocycles. The maximum absolute atomic E-state index is 13.3. The lowest BCUT2D eigenvalue weighted by atomic mass is 9.48. The van der Waals surface area contributed by atoms with Crippen molar-refractivity contribution in [1.29, 1.82) is 0 Å². The standard InChI is InChI=1S/C24H26N2O/c27-23(26-8-6-19-3-1-2-4-21(19)26)20-5-7-25-22(12-20)24-13-16-9-17(14-24)11-18(10-16)15-24/h1-5,7,12,16-18H,6,8-11,13-15H2. The van der Waals surface area contributed by atoms with E-state index in [-0.39, 0.29) is 11.3 Å². The zero-order valence-corrected chi connectivity index (χ0v) is 15.7. The van der Waals surface area contributed by atoms with Crippen molar-refractivity contribution in [2.75, 3.05) is 11.4 Å². The van der Waals surface area contributed by atoms with Crippen molar-refractivity contribution >= 4 is 11.6 Å². The van der Waals surface area contributed by atoms with Gasteiger partial charge in [-0.05, 0) is 86.5 Å². The molecule has 138 valence electrons. The average Bonchev–Trinajstić information content (AvgIpc) is 3.11. The topological polar surface area (TPSA) is 33.2 Å². The van der Waals surface area contributed by atoms with Crippen molar-refractivity contribution in [2.24, 2.45) is 17.8 Å². The molecule has 0 N–H and O–H groups in total. The number of benzene rings is 1. The van der Waals surface area contributed by atoms with Gasteiger partial charge >= 0.3 is 0 Å². The highest BCUT2D eigenvalue weighted by Gasteiger charge is 2.52. The van der Waals surface area contributed by atoms with Crippen molar-refractivity contribution < 1.29 is 4.79 Å². The summed E-state index contributed by atoms with van der Waals surface area (Å²) < 4.78 is 0. The van der Waals surface area contributed by atoms with E-state index >= 15 is 0 Å². The molecular formula is C24H26N2O. The summed E-state index contributed by atoms with van der Waals surface area (Å²) >= 11 is 0. The van der Waals surface area contributed by atoms with Crippen LogP contribution in [0.3, 0.4) is 0 Å². The highest BCUT2D eigenvalue weighted by Crippen LogP contribution is 2.60. The number of pyridine rings is 1. The van der Waals surface area contributed by atoms with E-state index in [1.54, 1.807) is 0 Å². The Balaban J connectivity index is 1.34. The van der Waals surface area contributed by atoms with E-state index in [9.17, 15) is 4.79 Å². The van der Waals surface area contributed by atoms with Gasteiger partial charge in [0.1, 0.15) is 0 Å². The Hall–Kier alpha value is -2.16. The van der Waals surface area contributed by atoms with Crippen LogP contribution in [0.5, 0.6) is 0 Å². The van der Waals surface area contributed by atoms with Crippen LogP contribution in [0.2, 0.25) is 0 Å². The monoisotopic (exact) mass is 358 g/mol. The number of anilines is 1. The van der Waals surface area contributed by atoms with Gasteiger partial charge in [-0.15, -0.1) is 0 Å². The Morgan fingerprint density at radius 3 is 2.44 bits per heavy atom. The van der Waals surface area contributed by atoms with Crippen LogP contribution in [-0.4, -0.2) is 17.4 Å². The molecule has 1 aromatic heterocycles. The second-order valence-corrected chi connectivity index (χ2v) is 9.46. The molecule has 4 bridgehead atoms. The first kappa shape index (κ1) is 15.9. The van der Waals surface area contributed by atoms with Crippen LogP contribution in [0, 0.1) is 17.8 Å². The Morgan fingerprint density at radius 1 is 1.00 bits per heavy atom. The summed E-state index contributed by atoms with van der Waals surface area (Å²) in [5.41, 5.74) is 4.61. The summed E-state index contributed by atoms with van der Waals surface area (Å²) in [6.45, 7) is 0.785. The van der Waals surface area contributed by atoms with E-state index < -0.39 is 0 Å². The zero-order valence-electron chi connectivity index (χ0n) is 15.7. The predicted molar refractivity (Wildman–Crippen MR) is 106 cm³/mol. The number of aromatic nitrogens is 1. The van der Waals surface area contributed by atoms with Crippen LogP contribution in [0.15, 0.2) is 42.6 Å². The van der Waals surface area contributed by atoms with Gasteiger partial charge in [0.2, 0.25) is 0 Å². The highest BCUT2D eigenvalue weighted by molar-refractivity contribution is 6.07. The summed E-state index contributed by atoms with van der Waals surface area (Å²) in [5, 5.41) is 0. The van der Waals surface area contributed by atoms with Gasteiger partial charge in [0.25, 0.3) is 5.91 Å². The number of hydrogen-bond donors (Lipinski definition) is 0. The van der Waals surface area contributed by atoms with Gasteiger partial charge in [0, 0.05) is 35.1 Å². The van der Waals surface area contributed by atoms with E-state index in [0.717, 1.165) is 42.0 Å². The number of carbonyl (C=O) groups is 1. The van der Waals surface area contributed by atoms with E-state index in [4.69, 9.17) is 4.98 Å². The molecule has 3 heteroatoms. The Bertz CT molecular complexity index is 883. The van der Waals surface area contributed by atoms with Crippen molar-refractivity contribution in [1.82, 2.24) is 4.98 Å². The number of carbonyl (C=O) groups excluding carboxylic acids is 1. The third-order valence-electron chi connectivity index (χ3n) is 7.72. The zero-order chi connectivity index (χ0) is 18.0. The van der Waals surface area contributed by atoms with Crippen LogP contribution in [0.1, 0.15) is 60.1 Å². The molecule has 4 saturated carbocycles. The van der Waals surface area contributed by atoms with Crippen LogP contribution in [0.25, 0.3) is 0 Å². The minimum Gasteiger partial charge on any atom is -0.308 e. The lowest BCUT2D eigenvalue weighted by molar-refractivity contribution is -0.00721. The smallest absolute Gasteiger partial charge is 0.258 e. The van der Waals surface area contributed by atoms with Gasteiger partial charge in [0.05, 0.1) is 0 Å². The Labute approximate surface area is 160 Å². The molecule has 7 rings (SSSR count). The molecule has 5 aliphatic rings. The Morgan fingerprint density at radius 2 is 1.70 bits per heavy atom. The summed E-state index contributed by atoms with van der Waals surface area (Å²) in [4.78, 5) is 20.1. The molecule has 0 unspecified atom stereocenters. The average molecular weight is 358 g/mol. The lowest BCUT2D eigenvalue weighted by Crippen LogP contribution is -2.49. The van der Waals surface area contributed by atoms with E-state index in [2.05, 4.69) is 24.3 Å². The molecule has 0 atom stereocenters. The van der Waals surface area contributed by atoms with Crippen LogP contribution in [-0.2, 0) is 11.8 Å². The van der Waals surface area contributed by atoms with Crippen LogP contribution >= 0.6 is 0 Å². The SMILES string of the molecule is O=C(c1ccnc(C23CC4CC(CC(C4)C2)C3)c1)N1CCc2ccccc21. The number of amides is 1. The van der Waals surface area contributed by atoms with E-state index in [1.807, 2.05) is 23.2 Å². The molecule has 27 heavy (non-hydrogen) atoms. The minimum absolute atomic E-state index is 0.133. The van der Waals surface area contributed by atoms with Gasteiger partial charge < -0.3 is 4.90 Å². The van der Waals surface area contributed by atoms with Crippen molar-refractivity contribution in [3.8, 4) is 0 Å². The highest BCUT2D eigenvalue weighted by atomic mass is 16.2. The van der Waals surface area contributed by atoms with Gasteiger partial charge in [-0.1, -0.05) is 18.2 Å². The molecule has 0 radical (unpaired) electrons. The number of para-hydroxylation sites is 1. The molecule has 1 amide bonds. The first-order valence-electron chi connectivity index (χ1n) is 10.6. The quantitative estimate of drug-likeness (QED) is 0.776. The molecule has 2 heterocycles.